The van der Waals surface area contributed by atoms with Gasteiger partial charge in [-0.3, -0.25) is 5.01 Å². The monoisotopic (exact) mass is 330 g/mol. The molecule has 4 rings (SSSR count). The van der Waals surface area contributed by atoms with Gasteiger partial charge in [-0.2, -0.15) is 5.10 Å². The van der Waals surface area contributed by atoms with Gasteiger partial charge in [0.1, 0.15) is 5.82 Å². The third kappa shape index (κ3) is 3.18. The predicted octanol–water partition coefficient (Wildman–Crippen LogP) is 5.49. The molecule has 3 heteroatoms. The van der Waals surface area contributed by atoms with Gasteiger partial charge < -0.3 is 0 Å². The van der Waals surface area contributed by atoms with Crippen LogP contribution in [0.25, 0.3) is 0 Å². The molecule has 0 bridgehead atoms. The molecular weight excluding hydrogens is 311 g/mol. The van der Waals surface area contributed by atoms with E-state index < -0.39 is 0 Å². The van der Waals surface area contributed by atoms with E-state index >= 15 is 0 Å². The molecule has 3 aromatic carbocycles. The minimum absolute atomic E-state index is 0.0688. The Bertz CT molecular complexity index is 884. The van der Waals surface area contributed by atoms with Crippen molar-refractivity contribution < 1.29 is 4.39 Å². The minimum atomic E-state index is -0.215. The maximum atomic E-state index is 13.3. The molecule has 1 aliphatic rings. The van der Waals surface area contributed by atoms with Crippen molar-refractivity contribution >= 4 is 11.4 Å². The first-order chi connectivity index (χ1) is 12.2. The number of aryl methyl sites for hydroxylation is 1. The normalized spacial score (nSPS) is 16.8. The molecule has 0 saturated heterocycles. The quantitative estimate of drug-likeness (QED) is 0.620. The van der Waals surface area contributed by atoms with Crippen LogP contribution in [0.2, 0.25) is 0 Å². The molecule has 0 fully saturated rings. The second-order valence-electron chi connectivity index (χ2n) is 6.36. The van der Waals surface area contributed by atoms with E-state index in [0.717, 1.165) is 28.9 Å². The zero-order valence-electron chi connectivity index (χ0n) is 14.1. The van der Waals surface area contributed by atoms with Crippen LogP contribution in [-0.2, 0) is 0 Å². The molecule has 1 atom stereocenters. The number of para-hydroxylation sites is 1. The maximum absolute atomic E-state index is 13.3. The lowest BCUT2D eigenvalue weighted by Crippen LogP contribution is -2.18. The van der Waals surface area contributed by atoms with Crippen molar-refractivity contribution in [2.24, 2.45) is 5.10 Å². The summed E-state index contributed by atoms with van der Waals surface area (Å²) in [5.74, 6) is -0.215. The van der Waals surface area contributed by atoms with Crippen LogP contribution >= 0.6 is 0 Å². The van der Waals surface area contributed by atoms with Gasteiger partial charge in [-0.1, -0.05) is 60.2 Å². The fraction of sp³-hybridized carbons (Fsp3) is 0.136. The number of hydrazone groups is 1. The average Bonchev–Trinajstić information content (AvgIpc) is 3.09. The SMILES string of the molecule is Cc1ccc(C2=NN(c3ccccc3)C(c3ccc(F)cc3)C2)cc1. The summed E-state index contributed by atoms with van der Waals surface area (Å²) in [6, 6.07) is 25.4. The number of nitrogens with zero attached hydrogens (tertiary/aromatic N) is 2. The van der Waals surface area contributed by atoms with Crippen LogP contribution in [0.3, 0.4) is 0 Å². The van der Waals surface area contributed by atoms with E-state index in [1.165, 1.54) is 17.7 Å². The fourth-order valence-electron chi connectivity index (χ4n) is 3.19. The minimum Gasteiger partial charge on any atom is -0.257 e. The fourth-order valence-corrected chi connectivity index (χ4v) is 3.19. The Hall–Kier alpha value is -2.94. The topological polar surface area (TPSA) is 15.6 Å². The second-order valence-corrected chi connectivity index (χ2v) is 6.36. The molecule has 1 aliphatic heterocycles. The van der Waals surface area contributed by atoms with Crippen molar-refractivity contribution in [2.75, 3.05) is 5.01 Å². The van der Waals surface area contributed by atoms with E-state index in [9.17, 15) is 4.39 Å². The zero-order chi connectivity index (χ0) is 17.2. The van der Waals surface area contributed by atoms with Crippen LogP contribution in [-0.4, -0.2) is 5.71 Å². The first-order valence-electron chi connectivity index (χ1n) is 8.45. The molecule has 124 valence electrons. The molecule has 25 heavy (non-hydrogen) atoms. The van der Waals surface area contributed by atoms with Crippen LogP contribution in [0.4, 0.5) is 10.1 Å². The second kappa shape index (κ2) is 6.52. The van der Waals surface area contributed by atoms with E-state index in [2.05, 4.69) is 43.3 Å². The van der Waals surface area contributed by atoms with Crippen LogP contribution < -0.4 is 5.01 Å². The number of halogens is 1. The number of benzene rings is 3. The summed E-state index contributed by atoms with van der Waals surface area (Å²) in [6.07, 6.45) is 0.795. The van der Waals surface area contributed by atoms with Crippen molar-refractivity contribution in [3.05, 3.63) is 101 Å². The molecule has 0 aromatic heterocycles. The number of hydrogen-bond donors (Lipinski definition) is 0. The average molecular weight is 330 g/mol. The summed E-state index contributed by atoms with van der Waals surface area (Å²) in [5, 5.41) is 6.94. The highest BCUT2D eigenvalue weighted by Gasteiger charge is 2.29. The molecule has 0 N–H and O–H groups in total. The summed E-state index contributed by atoms with van der Waals surface area (Å²) in [4.78, 5) is 0. The number of anilines is 1. The highest BCUT2D eigenvalue weighted by molar-refractivity contribution is 6.03. The first-order valence-corrected chi connectivity index (χ1v) is 8.45. The predicted molar refractivity (Wildman–Crippen MR) is 100 cm³/mol. The molecule has 1 unspecified atom stereocenters. The number of hydrogen-bond acceptors (Lipinski definition) is 2. The Morgan fingerprint density at radius 2 is 1.56 bits per heavy atom. The molecule has 0 aliphatic carbocycles. The highest BCUT2D eigenvalue weighted by Crippen LogP contribution is 2.36. The highest BCUT2D eigenvalue weighted by atomic mass is 19.1. The summed E-state index contributed by atoms with van der Waals surface area (Å²) in [5.41, 5.74) is 5.53. The molecule has 0 radical (unpaired) electrons. The van der Waals surface area contributed by atoms with Gasteiger partial charge in [0.15, 0.2) is 0 Å². The van der Waals surface area contributed by atoms with E-state index in [0.29, 0.717) is 0 Å². The lowest BCUT2D eigenvalue weighted by molar-refractivity contribution is 0.624. The Morgan fingerprint density at radius 1 is 0.880 bits per heavy atom. The van der Waals surface area contributed by atoms with E-state index in [1.54, 1.807) is 0 Å². The van der Waals surface area contributed by atoms with Gasteiger partial charge in [0.25, 0.3) is 0 Å². The van der Waals surface area contributed by atoms with Gasteiger partial charge in [-0.15, -0.1) is 0 Å². The van der Waals surface area contributed by atoms with Crippen LogP contribution in [0.1, 0.15) is 29.2 Å². The summed E-state index contributed by atoms with van der Waals surface area (Å²) in [6.45, 7) is 2.08. The van der Waals surface area contributed by atoms with E-state index in [-0.39, 0.29) is 11.9 Å². The smallest absolute Gasteiger partial charge is 0.123 e. The Labute approximate surface area is 147 Å². The lowest BCUT2D eigenvalue weighted by Gasteiger charge is -2.23. The maximum Gasteiger partial charge on any atom is 0.123 e. The van der Waals surface area contributed by atoms with Crippen LogP contribution in [0.15, 0.2) is 84.0 Å². The van der Waals surface area contributed by atoms with E-state index in [4.69, 9.17) is 5.10 Å². The molecule has 3 aromatic rings. The third-order valence-corrected chi connectivity index (χ3v) is 4.57. The van der Waals surface area contributed by atoms with Crippen LogP contribution in [0, 0.1) is 12.7 Å². The number of rotatable bonds is 3. The molecular formula is C22H19FN2. The van der Waals surface area contributed by atoms with Crippen molar-refractivity contribution in [2.45, 2.75) is 19.4 Å². The molecule has 0 spiro atoms. The van der Waals surface area contributed by atoms with Crippen LogP contribution in [0.5, 0.6) is 0 Å². The van der Waals surface area contributed by atoms with Gasteiger partial charge in [-0.05, 0) is 42.3 Å². The van der Waals surface area contributed by atoms with Crippen molar-refractivity contribution in [1.82, 2.24) is 0 Å². The van der Waals surface area contributed by atoms with Gasteiger partial charge in [0, 0.05) is 6.42 Å². The van der Waals surface area contributed by atoms with Crippen molar-refractivity contribution in [1.29, 1.82) is 0 Å². The van der Waals surface area contributed by atoms with Crippen molar-refractivity contribution in [3.63, 3.8) is 0 Å². The Kier molecular flexibility index (Phi) is 4.06. The molecule has 0 amide bonds. The first kappa shape index (κ1) is 15.6. The standard InChI is InChI=1S/C22H19FN2/c1-16-7-9-17(10-8-16)21-15-22(18-11-13-19(23)14-12-18)25(24-21)20-5-3-2-4-6-20/h2-14,22H,15H2,1H3. The molecule has 1 heterocycles. The Morgan fingerprint density at radius 3 is 2.24 bits per heavy atom. The summed E-state index contributed by atoms with van der Waals surface area (Å²) in [7, 11) is 0. The van der Waals surface area contributed by atoms with Crippen molar-refractivity contribution in [3.8, 4) is 0 Å². The summed E-state index contributed by atoms with van der Waals surface area (Å²) >= 11 is 0. The lowest BCUT2D eigenvalue weighted by atomic mass is 9.98. The largest absolute Gasteiger partial charge is 0.257 e. The van der Waals surface area contributed by atoms with Gasteiger partial charge in [0.2, 0.25) is 0 Å². The molecule has 0 saturated carbocycles. The summed E-state index contributed by atoms with van der Waals surface area (Å²) < 4.78 is 13.3. The van der Waals surface area contributed by atoms with Gasteiger partial charge in [-0.25, -0.2) is 4.39 Å². The van der Waals surface area contributed by atoms with Gasteiger partial charge >= 0.3 is 0 Å². The van der Waals surface area contributed by atoms with Gasteiger partial charge in [0.05, 0.1) is 17.4 Å². The Balaban J connectivity index is 1.73. The molecule has 2 nitrogen and oxygen atoms in total. The third-order valence-electron chi connectivity index (χ3n) is 4.57. The zero-order valence-corrected chi connectivity index (χ0v) is 14.1. The van der Waals surface area contributed by atoms with E-state index in [1.807, 2.05) is 35.3 Å².